The summed E-state index contributed by atoms with van der Waals surface area (Å²) in [5.74, 6) is -1.24. The number of ether oxygens (including phenoxy) is 1. The maximum Gasteiger partial charge on any atom is 0.332 e. The fourth-order valence-corrected chi connectivity index (χ4v) is 3.21. The molecule has 2 aliphatic rings. The van der Waals surface area contributed by atoms with Crippen LogP contribution < -0.4 is 5.32 Å². The zero-order chi connectivity index (χ0) is 15.0. The summed E-state index contributed by atoms with van der Waals surface area (Å²) in [5, 5.41) is 12.5. The molecule has 0 spiro atoms. The average Bonchev–Trinajstić information content (AvgIpc) is 3.06. The van der Waals surface area contributed by atoms with Gasteiger partial charge in [-0.25, -0.2) is 4.79 Å². The topological polar surface area (TPSA) is 75.6 Å². The first-order chi connectivity index (χ1) is 10.0. The zero-order valence-corrected chi connectivity index (χ0v) is 12.1. The van der Waals surface area contributed by atoms with E-state index in [1.165, 1.54) is 0 Å². The number of amides is 1. The highest BCUT2D eigenvalue weighted by molar-refractivity contribution is 6.30. The number of carboxylic acid groups (broad SMARTS) is 1. The molecule has 1 saturated heterocycles. The number of nitrogens with one attached hydrogen (secondary N) is 1. The number of hydrogen-bond acceptors (Lipinski definition) is 3. The highest BCUT2D eigenvalue weighted by atomic mass is 35.5. The highest BCUT2D eigenvalue weighted by Crippen LogP contribution is 2.33. The Bertz CT molecular complexity index is 589. The van der Waals surface area contributed by atoms with Crippen molar-refractivity contribution in [2.75, 3.05) is 0 Å². The molecule has 1 aromatic rings. The standard InChI is InChI=1S/C15H16ClNO4/c16-9-2-3-10-8(7-9)1-4-11(10)17-14(18)12-5-6-13(21-12)15(19)20/h2-3,7,11-13H,1,4-6H2,(H,17,18)(H,19,20)/t11?,12-,13+/m0/s1. The lowest BCUT2D eigenvalue weighted by atomic mass is 10.1. The van der Waals surface area contributed by atoms with Crippen LogP contribution in [0, 0.1) is 0 Å². The molecule has 1 heterocycles. The van der Waals surface area contributed by atoms with Gasteiger partial charge in [0.05, 0.1) is 6.04 Å². The third-order valence-corrected chi connectivity index (χ3v) is 4.32. The predicted octanol–water partition coefficient (Wildman–Crippen LogP) is 2.08. The zero-order valence-electron chi connectivity index (χ0n) is 11.3. The van der Waals surface area contributed by atoms with Crippen molar-refractivity contribution < 1.29 is 19.4 Å². The van der Waals surface area contributed by atoms with E-state index in [0.717, 1.165) is 24.0 Å². The number of benzene rings is 1. The van der Waals surface area contributed by atoms with Gasteiger partial charge in [-0.1, -0.05) is 17.7 Å². The van der Waals surface area contributed by atoms with Gasteiger partial charge < -0.3 is 15.2 Å². The Hall–Kier alpha value is -1.59. The number of aliphatic carboxylic acids is 1. The lowest BCUT2D eigenvalue weighted by molar-refractivity contribution is -0.151. The molecule has 1 unspecified atom stereocenters. The Kier molecular flexibility index (Phi) is 3.87. The first kappa shape index (κ1) is 14.4. The SMILES string of the molecule is O=C(NC1CCc2cc(Cl)ccc21)[C@@H]1CC[C@H](C(=O)O)O1. The van der Waals surface area contributed by atoms with E-state index in [1.54, 1.807) is 0 Å². The minimum atomic E-state index is -1.01. The third kappa shape index (κ3) is 2.89. The van der Waals surface area contributed by atoms with Crippen LogP contribution in [0.25, 0.3) is 0 Å². The Morgan fingerprint density at radius 1 is 1.24 bits per heavy atom. The summed E-state index contributed by atoms with van der Waals surface area (Å²) in [7, 11) is 0. The van der Waals surface area contributed by atoms with E-state index in [0.29, 0.717) is 17.9 Å². The van der Waals surface area contributed by atoms with Crippen molar-refractivity contribution in [3.8, 4) is 0 Å². The molecule has 1 aliphatic carbocycles. The fourth-order valence-electron chi connectivity index (χ4n) is 3.01. The van der Waals surface area contributed by atoms with Crippen LogP contribution in [-0.2, 0) is 20.7 Å². The lowest BCUT2D eigenvalue weighted by Gasteiger charge is -2.17. The van der Waals surface area contributed by atoms with Crippen molar-refractivity contribution in [3.05, 3.63) is 34.3 Å². The molecule has 1 aromatic carbocycles. The molecule has 3 atom stereocenters. The molecule has 0 aromatic heterocycles. The van der Waals surface area contributed by atoms with Crippen LogP contribution in [0.15, 0.2) is 18.2 Å². The number of fused-ring (bicyclic) bond motifs is 1. The summed E-state index contributed by atoms with van der Waals surface area (Å²) in [6.07, 6.45) is 1.01. The normalized spacial score (nSPS) is 27.4. The summed E-state index contributed by atoms with van der Waals surface area (Å²) in [6.45, 7) is 0. The van der Waals surface area contributed by atoms with E-state index in [1.807, 2.05) is 18.2 Å². The van der Waals surface area contributed by atoms with E-state index in [4.69, 9.17) is 21.4 Å². The molecule has 5 nitrogen and oxygen atoms in total. The predicted molar refractivity (Wildman–Crippen MR) is 76.2 cm³/mol. The molecule has 2 N–H and O–H groups in total. The smallest absolute Gasteiger partial charge is 0.332 e. The van der Waals surface area contributed by atoms with Crippen LogP contribution in [0.2, 0.25) is 5.02 Å². The van der Waals surface area contributed by atoms with Crippen LogP contribution in [0.1, 0.15) is 36.4 Å². The molecular formula is C15H16ClNO4. The molecule has 1 amide bonds. The summed E-state index contributed by atoms with van der Waals surface area (Å²) >= 11 is 5.96. The maximum absolute atomic E-state index is 12.2. The van der Waals surface area contributed by atoms with Crippen LogP contribution in [-0.4, -0.2) is 29.2 Å². The van der Waals surface area contributed by atoms with Gasteiger partial charge in [0.15, 0.2) is 6.10 Å². The number of carbonyl (C=O) groups excluding carboxylic acids is 1. The van der Waals surface area contributed by atoms with Crippen LogP contribution >= 0.6 is 11.6 Å². The fraction of sp³-hybridized carbons (Fsp3) is 0.467. The van der Waals surface area contributed by atoms with Gasteiger partial charge >= 0.3 is 5.97 Å². The number of rotatable bonds is 3. The Labute approximate surface area is 127 Å². The molecule has 0 radical (unpaired) electrons. The Morgan fingerprint density at radius 2 is 2.00 bits per heavy atom. The van der Waals surface area contributed by atoms with E-state index < -0.39 is 18.2 Å². The minimum Gasteiger partial charge on any atom is -0.479 e. The lowest BCUT2D eigenvalue weighted by Crippen LogP contribution is -2.37. The van der Waals surface area contributed by atoms with Gasteiger partial charge in [0.25, 0.3) is 0 Å². The molecule has 3 rings (SSSR count). The molecule has 1 fully saturated rings. The molecular weight excluding hydrogens is 294 g/mol. The average molecular weight is 310 g/mol. The minimum absolute atomic E-state index is 0.0442. The van der Waals surface area contributed by atoms with Crippen LogP contribution in [0.3, 0.4) is 0 Å². The van der Waals surface area contributed by atoms with Gasteiger partial charge in [-0.2, -0.15) is 0 Å². The second kappa shape index (κ2) is 5.66. The Balaban J connectivity index is 1.64. The van der Waals surface area contributed by atoms with Gasteiger partial charge in [-0.3, -0.25) is 4.79 Å². The van der Waals surface area contributed by atoms with Crippen LogP contribution in [0.5, 0.6) is 0 Å². The van der Waals surface area contributed by atoms with Crippen molar-refractivity contribution in [2.45, 2.75) is 43.9 Å². The number of aryl methyl sites for hydroxylation is 1. The van der Waals surface area contributed by atoms with E-state index in [-0.39, 0.29) is 11.9 Å². The number of carbonyl (C=O) groups is 2. The highest BCUT2D eigenvalue weighted by Gasteiger charge is 2.36. The van der Waals surface area contributed by atoms with Gasteiger partial charge in [-0.05, 0) is 48.9 Å². The molecule has 0 saturated carbocycles. The quantitative estimate of drug-likeness (QED) is 0.896. The van der Waals surface area contributed by atoms with Gasteiger partial charge in [0, 0.05) is 5.02 Å². The first-order valence-electron chi connectivity index (χ1n) is 7.01. The monoisotopic (exact) mass is 309 g/mol. The van der Waals surface area contributed by atoms with Crippen molar-refractivity contribution in [3.63, 3.8) is 0 Å². The molecule has 21 heavy (non-hydrogen) atoms. The Morgan fingerprint density at radius 3 is 2.71 bits per heavy atom. The second-order valence-electron chi connectivity index (χ2n) is 5.47. The molecule has 0 bridgehead atoms. The molecule has 1 aliphatic heterocycles. The van der Waals surface area contributed by atoms with Crippen molar-refractivity contribution in [1.29, 1.82) is 0 Å². The van der Waals surface area contributed by atoms with E-state index >= 15 is 0 Å². The first-order valence-corrected chi connectivity index (χ1v) is 7.39. The largest absolute Gasteiger partial charge is 0.479 e. The summed E-state index contributed by atoms with van der Waals surface area (Å²) in [5.41, 5.74) is 2.24. The van der Waals surface area contributed by atoms with Gasteiger partial charge in [-0.15, -0.1) is 0 Å². The third-order valence-electron chi connectivity index (χ3n) is 4.09. The molecule has 112 valence electrons. The van der Waals surface area contributed by atoms with Crippen molar-refractivity contribution >= 4 is 23.5 Å². The number of hydrogen-bond donors (Lipinski definition) is 2. The van der Waals surface area contributed by atoms with Gasteiger partial charge in [0.2, 0.25) is 5.91 Å². The molecule has 6 heteroatoms. The van der Waals surface area contributed by atoms with E-state index in [2.05, 4.69) is 5.32 Å². The van der Waals surface area contributed by atoms with Crippen LogP contribution in [0.4, 0.5) is 0 Å². The summed E-state index contributed by atoms with van der Waals surface area (Å²) < 4.78 is 5.27. The number of carboxylic acids is 1. The van der Waals surface area contributed by atoms with Gasteiger partial charge in [0.1, 0.15) is 6.10 Å². The van der Waals surface area contributed by atoms with Crippen molar-refractivity contribution in [1.82, 2.24) is 5.32 Å². The summed E-state index contributed by atoms with van der Waals surface area (Å²) in [4.78, 5) is 23.0. The second-order valence-corrected chi connectivity index (χ2v) is 5.91. The number of halogens is 1. The van der Waals surface area contributed by atoms with Crippen molar-refractivity contribution in [2.24, 2.45) is 0 Å². The van der Waals surface area contributed by atoms with E-state index in [9.17, 15) is 9.59 Å². The summed E-state index contributed by atoms with van der Waals surface area (Å²) in [6, 6.07) is 5.63. The maximum atomic E-state index is 12.2.